The van der Waals surface area contributed by atoms with Gasteiger partial charge in [-0.3, -0.25) is 0 Å². The molecule has 0 heterocycles. The molecular formula is C12H34B2P2. The van der Waals surface area contributed by atoms with Crippen molar-refractivity contribution in [1.82, 2.24) is 0 Å². The van der Waals surface area contributed by atoms with Crippen molar-refractivity contribution < 1.29 is 0 Å². The quantitative estimate of drug-likeness (QED) is 0.541. The molecule has 0 atom stereocenters. The third-order valence-corrected chi connectivity index (χ3v) is 17.1. The van der Waals surface area contributed by atoms with Gasteiger partial charge in [-0.1, -0.05) is 0 Å². The van der Waals surface area contributed by atoms with Gasteiger partial charge in [0.1, 0.15) is 0 Å². The summed E-state index contributed by atoms with van der Waals surface area (Å²) in [6, 6.07) is 0. The Kier molecular flexibility index (Phi) is 5.24. The average Bonchev–Trinajstić information content (AvgIpc) is 1.97. The van der Waals surface area contributed by atoms with E-state index in [1.54, 1.807) is 0 Å². The Morgan fingerprint density at radius 1 is 0.688 bits per heavy atom. The molecule has 0 spiro atoms. The summed E-state index contributed by atoms with van der Waals surface area (Å²) in [7, 11) is 3.02. The van der Waals surface area contributed by atoms with E-state index in [9.17, 15) is 0 Å². The Labute approximate surface area is 107 Å². The molecule has 0 fully saturated rings. The van der Waals surface area contributed by atoms with Gasteiger partial charge in [-0.15, -0.1) is 0 Å². The van der Waals surface area contributed by atoms with Crippen LogP contribution in [-0.2, 0) is 0 Å². The first-order valence-corrected chi connectivity index (χ1v) is 13.1. The van der Waals surface area contributed by atoms with Gasteiger partial charge in [0.05, 0.1) is 0 Å². The molecule has 0 aliphatic heterocycles. The van der Waals surface area contributed by atoms with Crippen LogP contribution in [0.5, 0.6) is 0 Å². The Morgan fingerprint density at radius 3 is 1.00 bits per heavy atom. The van der Waals surface area contributed by atoms with Crippen LogP contribution in [-0.4, -0.2) is 51.1 Å². The summed E-state index contributed by atoms with van der Waals surface area (Å²) in [5, 5.41) is 1.10. The second-order valence-electron chi connectivity index (χ2n) is 8.77. The van der Waals surface area contributed by atoms with Gasteiger partial charge in [0.2, 0.25) is 0 Å². The van der Waals surface area contributed by atoms with Crippen LogP contribution in [0, 0.1) is 0 Å². The summed E-state index contributed by atoms with van der Waals surface area (Å²) in [6.45, 7) is 19.8. The van der Waals surface area contributed by atoms with E-state index in [0.717, 1.165) is 0 Å². The zero-order chi connectivity index (χ0) is 13.4. The second-order valence-corrected chi connectivity index (χ2v) is 20.3. The van der Waals surface area contributed by atoms with E-state index in [2.05, 4.69) is 70.0 Å². The van der Waals surface area contributed by atoms with Crippen LogP contribution in [0.1, 0.15) is 41.5 Å². The van der Waals surface area contributed by atoms with Crippen LogP contribution in [0.25, 0.3) is 0 Å². The fraction of sp³-hybridized carbons (Fsp3) is 1.00. The molecule has 0 aromatic carbocycles. The normalized spacial score (nSPS) is 17.2. The molecule has 0 saturated carbocycles. The Balaban J connectivity index is 4.59. The number of rotatable bonds is 3. The molecule has 0 radical (unpaired) electrons. The Bertz CT molecular complexity index is 208. The predicted octanol–water partition coefficient (Wildman–Crippen LogP) is 2.44. The molecule has 0 amide bonds. The van der Waals surface area contributed by atoms with E-state index >= 15 is 0 Å². The van der Waals surface area contributed by atoms with E-state index in [1.165, 1.54) is 12.3 Å². The third-order valence-electron chi connectivity index (χ3n) is 5.44. The summed E-state index contributed by atoms with van der Waals surface area (Å²) in [5.41, 5.74) is 0. The summed E-state index contributed by atoms with van der Waals surface area (Å²) >= 11 is 0. The van der Waals surface area contributed by atoms with Crippen molar-refractivity contribution in [3.8, 4) is 0 Å². The topological polar surface area (TPSA) is 0 Å². The predicted molar refractivity (Wildman–Crippen MR) is 94.8 cm³/mol. The van der Waals surface area contributed by atoms with Gasteiger partial charge in [-0.05, 0) is 0 Å². The maximum absolute atomic E-state index is 2.57. The van der Waals surface area contributed by atoms with E-state index < -0.39 is 14.3 Å². The molecule has 0 aromatic rings. The monoisotopic (exact) mass is 262 g/mol. The molecule has 0 bridgehead atoms. The summed E-state index contributed by atoms with van der Waals surface area (Å²) in [6.07, 6.45) is 3.01. The molecule has 0 N–H and O–H groups in total. The van der Waals surface area contributed by atoms with Crippen LogP contribution in [0.3, 0.4) is 0 Å². The number of hydrogen-bond donors (Lipinski definition) is 0. The molecule has 4 heteroatoms. The molecule has 0 aliphatic carbocycles. The van der Waals surface area contributed by atoms with Crippen molar-refractivity contribution in [3.05, 3.63) is 0 Å². The van der Waals surface area contributed by atoms with E-state index in [0.29, 0.717) is 10.3 Å². The van der Waals surface area contributed by atoms with Gasteiger partial charge in [0.25, 0.3) is 0 Å². The molecule has 0 aliphatic rings. The first kappa shape index (κ1) is 17.0. The van der Waals surface area contributed by atoms with Crippen molar-refractivity contribution >= 4 is 29.4 Å². The number of hydrogen-bond acceptors (Lipinski definition) is 0. The minimum atomic E-state index is -1.06. The van der Waals surface area contributed by atoms with E-state index in [-0.39, 0.29) is 0 Å². The first-order chi connectivity index (χ1) is 6.71. The molecule has 98 valence electrons. The van der Waals surface area contributed by atoms with Gasteiger partial charge in [0, 0.05) is 0 Å². The SMILES string of the molecule is B[PH](C)(CC[PH](B)(C)C(C)(C)C)C(C)(C)C. The van der Waals surface area contributed by atoms with Crippen molar-refractivity contribution in [2.75, 3.05) is 25.7 Å². The Hall–Kier alpha value is 0.990. The minimum absolute atomic E-state index is 0.551. The van der Waals surface area contributed by atoms with E-state index in [4.69, 9.17) is 0 Å². The van der Waals surface area contributed by atoms with Crippen molar-refractivity contribution in [1.29, 1.82) is 0 Å². The fourth-order valence-corrected chi connectivity index (χ4v) is 7.87. The maximum atomic E-state index is 2.57. The molecule has 0 unspecified atom stereocenters. The van der Waals surface area contributed by atoms with Crippen LogP contribution in [0.15, 0.2) is 0 Å². The molecule has 0 aromatic heterocycles. The average molecular weight is 262 g/mol. The van der Waals surface area contributed by atoms with Crippen LogP contribution in [0.4, 0.5) is 0 Å². The first-order valence-electron chi connectivity index (χ1n) is 6.71. The summed E-state index contributed by atoms with van der Waals surface area (Å²) in [5.74, 6) is 0. The third kappa shape index (κ3) is 4.34. The standard InChI is InChI=1S/C12H34B2P2/c1-11(2,3)15(7,13)9-10-16(8,14)12(4,5)6/h15-16H,9-10,13-14H2,1-8H3. The summed E-state index contributed by atoms with van der Waals surface area (Å²) in [4.78, 5) is 0. The molecule has 16 heavy (non-hydrogen) atoms. The van der Waals surface area contributed by atoms with Gasteiger partial charge >= 0.3 is 107 Å². The van der Waals surface area contributed by atoms with Crippen LogP contribution < -0.4 is 0 Å². The fourth-order valence-electron chi connectivity index (χ4n) is 1.37. The van der Waals surface area contributed by atoms with Crippen molar-refractivity contribution in [2.24, 2.45) is 0 Å². The zero-order valence-corrected chi connectivity index (χ0v) is 15.4. The van der Waals surface area contributed by atoms with Crippen LogP contribution in [0.2, 0.25) is 0 Å². The van der Waals surface area contributed by atoms with Gasteiger partial charge < -0.3 is 0 Å². The second kappa shape index (κ2) is 4.93. The zero-order valence-electron chi connectivity index (χ0n) is 13.4. The van der Waals surface area contributed by atoms with Crippen molar-refractivity contribution in [3.63, 3.8) is 0 Å². The molecule has 0 nitrogen and oxygen atoms in total. The Morgan fingerprint density at radius 2 is 0.875 bits per heavy atom. The molecule has 0 rings (SSSR count). The van der Waals surface area contributed by atoms with Crippen molar-refractivity contribution in [2.45, 2.75) is 51.9 Å². The molecule has 0 saturated heterocycles. The van der Waals surface area contributed by atoms with E-state index in [1.807, 2.05) is 0 Å². The van der Waals surface area contributed by atoms with Gasteiger partial charge in [0.15, 0.2) is 0 Å². The van der Waals surface area contributed by atoms with Gasteiger partial charge in [-0.2, -0.15) is 0 Å². The summed E-state index contributed by atoms with van der Waals surface area (Å²) < 4.78 is 0. The molecular weight excluding hydrogens is 228 g/mol. The van der Waals surface area contributed by atoms with Gasteiger partial charge in [-0.25, -0.2) is 0 Å². The van der Waals surface area contributed by atoms with Crippen LogP contribution >= 0.6 is 14.3 Å².